The van der Waals surface area contributed by atoms with Crippen molar-refractivity contribution in [3.05, 3.63) is 66.0 Å². The Bertz CT molecular complexity index is 426. The summed E-state index contributed by atoms with van der Waals surface area (Å²) in [4.78, 5) is 0.678. The summed E-state index contributed by atoms with van der Waals surface area (Å²) in [5.74, 6) is 0.598. The molecule has 0 amide bonds. The Kier molecular flexibility index (Phi) is 3.41. The number of hydrogen-bond acceptors (Lipinski definition) is 1. The number of rotatable bonds is 3. The molecule has 0 aromatic heterocycles. The van der Waals surface area contributed by atoms with Crippen molar-refractivity contribution in [2.75, 3.05) is 0 Å². The Morgan fingerprint density at radius 3 is 2.67 bits per heavy atom. The molecule has 0 fully saturated rings. The molecule has 0 unspecified atom stereocenters. The molecule has 2 aromatic rings. The molecule has 0 atom stereocenters. The number of halogens is 1. The van der Waals surface area contributed by atoms with Gasteiger partial charge in [0, 0.05) is 10.6 Å². The minimum Gasteiger partial charge on any atom is -0.206 e. The number of thioether (sulfide) groups is 1. The van der Waals surface area contributed by atoms with Crippen molar-refractivity contribution in [3.8, 4) is 0 Å². The van der Waals surface area contributed by atoms with Crippen molar-refractivity contribution in [2.24, 2.45) is 0 Å². The first-order valence-electron chi connectivity index (χ1n) is 4.68. The molecule has 0 aliphatic carbocycles. The molecule has 0 spiro atoms. The molecule has 2 rings (SSSR count). The average molecular weight is 217 g/mol. The largest absolute Gasteiger partial charge is 0.206 e. The lowest BCUT2D eigenvalue weighted by Crippen LogP contribution is -1.82. The normalized spacial score (nSPS) is 10.2. The average Bonchev–Trinajstić information content (AvgIpc) is 2.29. The van der Waals surface area contributed by atoms with E-state index in [1.54, 1.807) is 12.1 Å². The Morgan fingerprint density at radius 1 is 1.13 bits per heavy atom. The first kappa shape index (κ1) is 10.2. The smallest absolute Gasteiger partial charge is 0.137 e. The van der Waals surface area contributed by atoms with Crippen LogP contribution in [0, 0.1) is 11.9 Å². The lowest BCUT2D eigenvalue weighted by atomic mass is 10.2. The van der Waals surface area contributed by atoms with Crippen LogP contribution in [0.4, 0.5) is 4.39 Å². The van der Waals surface area contributed by atoms with Gasteiger partial charge in [0.2, 0.25) is 0 Å². The summed E-state index contributed by atoms with van der Waals surface area (Å²) in [6.45, 7) is 0. The van der Waals surface area contributed by atoms with Gasteiger partial charge in [-0.2, -0.15) is 0 Å². The van der Waals surface area contributed by atoms with Gasteiger partial charge in [-0.25, -0.2) is 4.39 Å². The Balaban J connectivity index is 2.03. The second-order valence-corrected chi connectivity index (χ2v) is 4.15. The highest BCUT2D eigenvalue weighted by Gasteiger charge is 2.01. The van der Waals surface area contributed by atoms with E-state index in [-0.39, 0.29) is 5.82 Å². The molecule has 0 saturated carbocycles. The van der Waals surface area contributed by atoms with Gasteiger partial charge in [0.25, 0.3) is 0 Å². The summed E-state index contributed by atoms with van der Waals surface area (Å²) >= 11 is 1.51. The summed E-state index contributed by atoms with van der Waals surface area (Å²) in [6, 6.07) is 17.6. The Hall–Kier alpha value is -1.28. The van der Waals surface area contributed by atoms with Crippen molar-refractivity contribution in [1.29, 1.82) is 0 Å². The van der Waals surface area contributed by atoms with Gasteiger partial charge in [0.15, 0.2) is 0 Å². The predicted molar refractivity (Wildman–Crippen MR) is 61.2 cm³/mol. The summed E-state index contributed by atoms with van der Waals surface area (Å²) in [5.41, 5.74) is 1.20. The minimum absolute atomic E-state index is 0.196. The molecule has 0 nitrogen and oxygen atoms in total. The van der Waals surface area contributed by atoms with Crippen LogP contribution in [0.25, 0.3) is 0 Å². The van der Waals surface area contributed by atoms with Crippen molar-refractivity contribution < 1.29 is 4.39 Å². The highest BCUT2D eigenvalue weighted by molar-refractivity contribution is 7.98. The molecule has 15 heavy (non-hydrogen) atoms. The van der Waals surface area contributed by atoms with Crippen molar-refractivity contribution in [1.82, 2.24) is 0 Å². The van der Waals surface area contributed by atoms with Crippen molar-refractivity contribution >= 4 is 11.8 Å². The fourth-order valence-corrected chi connectivity index (χ4v) is 2.12. The van der Waals surface area contributed by atoms with Gasteiger partial charge in [-0.05, 0) is 23.8 Å². The molecule has 0 heterocycles. The summed E-state index contributed by atoms with van der Waals surface area (Å²) in [6.07, 6.45) is 0. The van der Waals surface area contributed by atoms with Crippen LogP contribution in [0.5, 0.6) is 0 Å². The van der Waals surface area contributed by atoms with E-state index in [0.717, 1.165) is 5.75 Å². The van der Waals surface area contributed by atoms with E-state index in [4.69, 9.17) is 0 Å². The monoisotopic (exact) mass is 217 g/mol. The first-order valence-corrected chi connectivity index (χ1v) is 5.67. The maximum Gasteiger partial charge on any atom is 0.137 e. The van der Waals surface area contributed by atoms with E-state index in [1.165, 1.54) is 23.4 Å². The van der Waals surface area contributed by atoms with Gasteiger partial charge in [-0.15, -0.1) is 11.8 Å². The molecule has 1 radical (unpaired) electrons. The van der Waals surface area contributed by atoms with Crippen LogP contribution in [0.15, 0.2) is 53.4 Å². The zero-order chi connectivity index (χ0) is 10.5. The van der Waals surface area contributed by atoms with Gasteiger partial charge in [-0.3, -0.25) is 0 Å². The van der Waals surface area contributed by atoms with E-state index in [1.807, 2.05) is 30.3 Å². The zero-order valence-electron chi connectivity index (χ0n) is 8.11. The molecule has 2 aromatic carbocycles. The molecular formula is C13H10FS. The first-order chi connectivity index (χ1) is 7.36. The second kappa shape index (κ2) is 4.99. The van der Waals surface area contributed by atoms with Crippen LogP contribution in [-0.4, -0.2) is 0 Å². The van der Waals surface area contributed by atoms with Crippen LogP contribution >= 0.6 is 11.8 Å². The molecule has 0 N–H and O–H groups in total. The highest BCUT2D eigenvalue weighted by Crippen LogP contribution is 2.24. The topological polar surface area (TPSA) is 0 Å². The Labute approximate surface area is 93.1 Å². The standard InChI is InChI=1S/C13H10FS/c14-12-8-4-5-9-13(12)15-10-11-6-2-1-3-7-11/h1-3,5-9H,10H2. The van der Waals surface area contributed by atoms with Crippen LogP contribution in [0.3, 0.4) is 0 Å². The summed E-state index contributed by atoms with van der Waals surface area (Å²) < 4.78 is 13.2. The fourth-order valence-electron chi connectivity index (χ4n) is 1.25. The summed E-state index contributed by atoms with van der Waals surface area (Å²) in [7, 11) is 0. The van der Waals surface area contributed by atoms with E-state index in [9.17, 15) is 4.39 Å². The molecule has 2 heteroatoms. The maximum atomic E-state index is 13.2. The van der Waals surface area contributed by atoms with Gasteiger partial charge in [-0.1, -0.05) is 36.4 Å². The molecule has 0 saturated heterocycles. The summed E-state index contributed by atoms with van der Waals surface area (Å²) in [5, 5.41) is 0. The van der Waals surface area contributed by atoms with Crippen LogP contribution in [0.1, 0.15) is 5.56 Å². The minimum atomic E-state index is -0.196. The third-order valence-electron chi connectivity index (χ3n) is 2.01. The highest BCUT2D eigenvalue weighted by atomic mass is 32.2. The van der Waals surface area contributed by atoms with Crippen molar-refractivity contribution in [2.45, 2.75) is 10.6 Å². The lowest BCUT2D eigenvalue weighted by molar-refractivity contribution is 0.601. The fraction of sp³-hybridized carbons (Fsp3) is 0.0769. The predicted octanol–water partition coefficient (Wildman–Crippen LogP) is 3.92. The number of benzene rings is 2. The van der Waals surface area contributed by atoms with Gasteiger partial charge in [0.05, 0.1) is 0 Å². The van der Waals surface area contributed by atoms with E-state index < -0.39 is 0 Å². The number of hydrogen-bond donors (Lipinski definition) is 0. The van der Waals surface area contributed by atoms with Crippen LogP contribution in [0.2, 0.25) is 0 Å². The molecule has 0 bridgehead atoms. The molecule has 0 aliphatic rings. The van der Waals surface area contributed by atoms with Gasteiger partial charge < -0.3 is 0 Å². The van der Waals surface area contributed by atoms with Crippen LogP contribution < -0.4 is 0 Å². The maximum absolute atomic E-state index is 13.2. The van der Waals surface area contributed by atoms with E-state index in [0.29, 0.717) is 4.90 Å². The quantitative estimate of drug-likeness (QED) is 0.702. The van der Waals surface area contributed by atoms with Crippen molar-refractivity contribution in [3.63, 3.8) is 0 Å². The Morgan fingerprint density at radius 2 is 1.93 bits per heavy atom. The lowest BCUT2D eigenvalue weighted by Gasteiger charge is -2.02. The zero-order valence-corrected chi connectivity index (χ0v) is 8.93. The second-order valence-electron chi connectivity index (χ2n) is 3.13. The molecular weight excluding hydrogens is 207 g/mol. The third-order valence-corrected chi connectivity index (χ3v) is 3.13. The SMILES string of the molecule is Fc1c[c]ccc1SCc1ccccc1. The molecule has 75 valence electrons. The molecule has 0 aliphatic heterocycles. The third kappa shape index (κ3) is 2.83. The van der Waals surface area contributed by atoms with E-state index >= 15 is 0 Å². The van der Waals surface area contributed by atoms with Crippen LogP contribution in [-0.2, 0) is 5.75 Å². The van der Waals surface area contributed by atoms with Gasteiger partial charge >= 0.3 is 0 Å². The van der Waals surface area contributed by atoms with E-state index in [2.05, 4.69) is 6.07 Å². The van der Waals surface area contributed by atoms with Gasteiger partial charge in [0.1, 0.15) is 5.82 Å².